The highest BCUT2D eigenvalue weighted by Crippen LogP contribution is 2.14. The third kappa shape index (κ3) is 1.33. The maximum atomic E-state index is 5.67. The van der Waals surface area contributed by atoms with Gasteiger partial charge < -0.3 is 14.9 Å². The summed E-state index contributed by atoms with van der Waals surface area (Å²) in [7, 11) is 1.66. The lowest BCUT2D eigenvalue weighted by molar-refractivity contribution is 0.181. The molecule has 0 spiro atoms. The fraction of sp³-hybridized carbons (Fsp3) is 0.300. The van der Waals surface area contributed by atoms with Crippen molar-refractivity contribution in [1.29, 1.82) is 0 Å². The number of hydrogen-bond acceptors (Lipinski definition) is 3. The lowest BCUT2D eigenvalue weighted by atomic mass is 10.3. The molecule has 0 aliphatic rings. The number of ether oxygens (including phenoxy) is 1. The van der Waals surface area contributed by atoms with Gasteiger partial charge in [-0.05, 0) is 13.0 Å². The minimum atomic E-state index is 0.535. The smallest absolute Gasteiger partial charge is 0.139 e. The first-order chi connectivity index (χ1) is 6.72. The molecular formula is C10H13N3O. The molecule has 2 aromatic heterocycles. The molecule has 0 aliphatic carbocycles. The van der Waals surface area contributed by atoms with Gasteiger partial charge in [-0.3, -0.25) is 0 Å². The number of nitrogens with zero attached hydrogens (tertiary/aromatic N) is 2. The van der Waals surface area contributed by atoms with Crippen LogP contribution < -0.4 is 5.73 Å². The van der Waals surface area contributed by atoms with E-state index in [1.165, 1.54) is 0 Å². The highest BCUT2D eigenvalue weighted by Gasteiger charge is 2.07. The standard InChI is InChI=1S/C10H13N3O/c1-7-9(6-14-2)12-10-5-8(11)3-4-13(7)10/h3-5H,6,11H2,1-2H3. The number of aryl methyl sites for hydroxylation is 1. The van der Waals surface area contributed by atoms with Crippen LogP contribution in [0, 0.1) is 6.92 Å². The third-order valence-electron chi connectivity index (χ3n) is 2.27. The second kappa shape index (κ2) is 3.31. The first-order valence-corrected chi connectivity index (χ1v) is 4.44. The maximum absolute atomic E-state index is 5.67. The number of imidazole rings is 1. The Morgan fingerprint density at radius 1 is 1.57 bits per heavy atom. The summed E-state index contributed by atoms with van der Waals surface area (Å²) in [6.07, 6.45) is 1.92. The zero-order chi connectivity index (χ0) is 10.1. The number of anilines is 1. The van der Waals surface area contributed by atoms with Crippen LogP contribution in [0.1, 0.15) is 11.4 Å². The predicted molar refractivity (Wildman–Crippen MR) is 55.1 cm³/mol. The van der Waals surface area contributed by atoms with E-state index in [4.69, 9.17) is 10.5 Å². The molecular weight excluding hydrogens is 178 g/mol. The molecule has 74 valence electrons. The molecule has 0 saturated carbocycles. The van der Waals surface area contributed by atoms with Crippen molar-refractivity contribution in [2.24, 2.45) is 0 Å². The summed E-state index contributed by atoms with van der Waals surface area (Å²) in [5.41, 5.74) is 9.33. The minimum Gasteiger partial charge on any atom is -0.399 e. The Kier molecular flexibility index (Phi) is 2.13. The van der Waals surface area contributed by atoms with Gasteiger partial charge in [0.25, 0.3) is 0 Å². The van der Waals surface area contributed by atoms with Crippen molar-refractivity contribution in [3.05, 3.63) is 29.7 Å². The first kappa shape index (κ1) is 9.02. The number of rotatable bonds is 2. The largest absolute Gasteiger partial charge is 0.399 e. The van der Waals surface area contributed by atoms with Crippen molar-refractivity contribution < 1.29 is 4.74 Å². The van der Waals surface area contributed by atoms with Crippen molar-refractivity contribution in [2.75, 3.05) is 12.8 Å². The van der Waals surface area contributed by atoms with E-state index in [0.29, 0.717) is 6.61 Å². The molecule has 4 nitrogen and oxygen atoms in total. The average Bonchev–Trinajstić information content (AvgIpc) is 2.44. The monoisotopic (exact) mass is 191 g/mol. The lowest BCUT2D eigenvalue weighted by Crippen LogP contribution is -1.92. The van der Waals surface area contributed by atoms with Gasteiger partial charge in [0.15, 0.2) is 0 Å². The normalized spacial score (nSPS) is 11.0. The van der Waals surface area contributed by atoms with Gasteiger partial charge in [-0.25, -0.2) is 4.98 Å². The molecule has 0 amide bonds. The van der Waals surface area contributed by atoms with Gasteiger partial charge in [-0.1, -0.05) is 0 Å². The van der Waals surface area contributed by atoms with Crippen LogP contribution in [0.4, 0.5) is 5.69 Å². The van der Waals surface area contributed by atoms with Crippen molar-refractivity contribution in [1.82, 2.24) is 9.38 Å². The molecule has 2 aromatic rings. The van der Waals surface area contributed by atoms with E-state index >= 15 is 0 Å². The molecule has 2 heterocycles. The molecule has 14 heavy (non-hydrogen) atoms. The Morgan fingerprint density at radius 3 is 3.07 bits per heavy atom. The number of pyridine rings is 1. The molecule has 0 radical (unpaired) electrons. The van der Waals surface area contributed by atoms with Crippen molar-refractivity contribution in [2.45, 2.75) is 13.5 Å². The first-order valence-electron chi connectivity index (χ1n) is 4.44. The second-order valence-electron chi connectivity index (χ2n) is 3.27. The summed E-state index contributed by atoms with van der Waals surface area (Å²) >= 11 is 0. The molecule has 2 N–H and O–H groups in total. The molecule has 4 heteroatoms. The van der Waals surface area contributed by atoms with Gasteiger partial charge in [0.05, 0.1) is 12.3 Å². The van der Waals surface area contributed by atoms with Gasteiger partial charge in [0.2, 0.25) is 0 Å². The van der Waals surface area contributed by atoms with E-state index in [9.17, 15) is 0 Å². The van der Waals surface area contributed by atoms with Crippen LogP contribution in [0.5, 0.6) is 0 Å². The van der Waals surface area contributed by atoms with E-state index in [2.05, 4.69) is 4.98 Å². The maximum Gasteiger partial charge on any atom is 0.139 e. The van der Waals surface area contributed by atoms with Crippen LogP contribution in [0.3, 0.4) is 0 Å². The Balaban J connectivity index is 2.61. The van der Waals surface area contributed by atoms with Crippen molar-refractivity contribution in [3.8, 4) is 0 Å². The van der Waals surface area contributed by atoms with E-state index in [0.717, 1.165) is 22.7 Å². The molecule has 0 saturated heterocycles. The number of aromatic nitrogens is 2. The summed E-state index contributed by atoms with van der Waals surface area (Å²) < 4.78 is 7.07. The van der Waals surface area contributed by atoms with Crippen LogP contribution in [0.2, 0.25) is 0 Å². The Labute approximate surface area is 82.3 Å². The Morgan fingerprint density at radius 2 is 2.36 bits per heavy atom. The van der Waals surface area contributed by atoms with Crippen LogP contribution in [-0.4, -0.2) is 16.5 Å². The van der Waals surface area contributed by atoms with E-state index in [-0.39, 0.29) is 0 Å². The molecule has 0 aromatic carbocycles. The van der Waals surface area contributed by atoms with Gasteiger partial charge in [-0.15, -0.1) is 0 Å². The number of hydrogen-bond donors (Lipinski definition) is 1. The summed E-state index contributed by atoms with van der Waals surface area (Å²) in [6, 6.07) is 3.71. The van der Waals surface area contributed by atoms with Gasteiger partial charge in [0.1, 0.15) is 5.65 Å². The lowest BCUT2D eigenvalue weighted by Gasteiger charge is -1.97. The highest BCUT2D eigenvalue weighted by atomic mass is 16.5. The molecule has 0 fully saturated rings. The number of nitrogen functional groups attached to an aromatic ring is 1. The van der Waals surface area contributed by atoms with E-state index in [1.54, 1.807) is 7.11 Å². The van der Waals surface area contributed by atoms with Crippen LogP contribution in [0.15, 0.2) is 18.3 Å². The summed E-state index contributed by atoms with van der Waals surface area (Å²) in [5.74, 6) is 0. The van der Waals surface area contributed by atoms with Gasteiger partial charge in [-0.2, -0.15) is 0 Å². The van der Waals surface area contributed by atoms with E-state index < -0.39 is 0 Å². The third-order valence-corrected chi connectivity index (χ3v) is 2.27. The molecule has 2 rings (SSSR count). The van der Waals surface area contributed by atoms with E-state index in [1.807, 2.05) is 29.7 Å². The summed E-state index contributed by atoms with van der Waals surface area (Å²) in [6.45, 7) is 2.55. The molecule has 0 bridgehead atoms. The Bertz CT molecular complexity index is 462. The fourth-order valence-electron chi connectivity index (χ4n) is 1.51. The Hall–Kier alpha value is -1.55. The summed E-state index contributed by atoms with van der Waals surface area (Å²) in [4.78, 5) is 4.42. The zero-order valence-corrected chi connectivity index (χ0v) is 8.32. The van der Waals surface area contributed by atoms with Gasteiger partial charge in [0, 0.05) is 30.8 Å². The number of fused-ring (bicyclic) bond motifs is 1. The zero-order valence-electron chi connectivity index (χ0n) is 8.32. The van der Waals surface area contributed by atoms with Crippen LogP contribution in [-0.2, 0) is 11.3 Å². The summed E-state index contributed by atoms with van der Waals surface area (Å²) in [5, 5.41) is 0. The van der Waals surface area contributed by atoms with Crippen LogP contribution in [0.25, 0.3) is 5.65 Å². The van der Waals surface area contributed by atoms with Crippen molar-refractivity contribution in [3.63, 3.8) is 0 Å². The molecule has 0 unspecified atom stereocenters. The van der Waals surface area contributed by atoms with Gasteiger partial charge >= 0.3 is 0 Å². The van der Waals surface area contributed by atoms with Crippen molar-refractivity contribution >= 4 is 11.3 Å². The fourth-order valence-corrected chi connectivity index (χ4v) is 1.51. The molecule has 0 aliphatic heterocycles. The SMILES string of the molecule is COCc1nc2cc(N)ccn2c1C. The quantitative estimate of drug-likeness (QED) is 0.780. The predicted octanol–water partition coefficient (Wildman–Crippen LogP) is 1.37. The second-order valence-corrected chi connectivity index (χ2v) is 3.27. The minimum absolute atomic E-state index is 0.535. The molecule has 0 atom stereocenters. The highest BCUT2D eigenvalue weighted by molar-refractivity contribution is 5.53. The number of nitrogens with two attached hydrogens (primary N) is 1. The topological polar surface area (TPSA) is 52.5 Å². The van der Waals surface area contributed by atoms with Crippen LogP contribution >= 0.6 is 0 Å². The number of methoxy groups -OCH3 is 1. The average molecular weight is 191 g/mol.